The Morgan fingerprint density at radius 1 is 1.46 bits per heavy atom. The summed E-state index contributed by atoms with van der Waals surface area (Å²) in [6.45, 7) is 2.20. The Kier molecular flexibility index (Phi) is 2.27. The van der Waals surface area contributed by atoms with Crippen LogP contribution in [0, 0.1) is 0 Å². The maximum atomic E-state index is 10.7. The average molecular weight is 177 g/mol. The van der Waals surface area contributed by atoms with Crippen LogP contribution in [0.4, 0.5) is 0 Å². The van der Waals surface area contributed by atoms with E-state index in [1.165, 1.54) is 0 Å². The Balaban J connectivity index is 2.45. The fourth-order valence-corrected chi connectivity index (χ4v) is 1.46. The maximum Gasteiger partial charge on any atom is 0.150 e. The summed E-state index contributed by atoms with van der Waals surface area (Å²) in [5.74, 6) is 0.828. The molecule has 0 atom stereocenters. The van der Waals surface area contributed by atoms with Crippen molar-refractivity contribution in [1.82, 2.24) is 5.32 Å². The molecule has 1 aliphatic heterocycles. The van der Waals surface area contributed by atoms with Crippen molar-refractivity contribution in [2.24, 2.45) is 0 Å². The molecule has 2 rings (SSSR count). The average Bonchev–Trinajstić information content (AvgIpc) is 2.41. The monoisotopic (exact) mass is 177 g/mol. The first-order valence-corrected chi connectivity index (χ1v) is 4.32. The first-order valence-electron chi connectivity index (χ1n) is 4.32. The van der Waals surface area contributed by atoms with Gasteiger partial charge >= 0.3 is 0 Å². The zero-order valence-corrected chi connectivity index (χ0v) is 7.25. The van der Waals surface area contributed by atoms with Gasteiger partial charge in [-0.3, -0.25) is 4.79 Å². The number of rotatable bonds is 1. The number of aldehydes is 1. The quantitative estimate of drug-likeness (QED) is 0.650. The van der Waals surface area contributed by atoms with Crippen LogP contribution < -0.4 is 10.1 Å². The second-order valence-corrected chi connectivity index (χ2v) is 2.97. The van der Waals surface area contributed by atoms with Gasteiger partial charge in [0, 0.05) is 24.2 Å². The molecular formula is C10H11NO2. The fraction of sp³-hybridized carbons (Fsp3) is 0.300. The molecule has 1 aromatic rings. The summed E-state index contributed by atoms with van der Waals surface area (Å²) >= 11 is 0. The van der Waals surface area contributed by atoms with Gasteiger partial charge in [-0.2, -0.15) is 0 Å². The van der Waals surface area contributed by atoms with Gasteiger partial charge < -0.3 is 10.1 Å². The predicted octanol–water partition coefficient (Wildman–Crippen LogP) is 0.981. The molecule has 1 aromatic carbocycles. The maximum absolute atomic E-state index is 10.7. The topological polar surface area (TPSA) is 38.3 Å². The molecule has 0 aliphatic carbocycles. The number of nitrogens with one attached hydrogen (secondary N) is 1. The molecule has 0 unspecified atom stereocenters. The van der Waals surface area contributed by atoms with Crippen molar-refractivity contribution in [3.63, 3.8) is 0 Å². The van der Waals surface area contributed by atoms with Gasteiger partial charge in [0.15, 0.2) is 6.29 Å². The SMILES string of the molecule is O=Cc1cccc2c1CNCCO2. The van der Waals surface area contributed by atoms with Crippen LogP contribution in [0.5, 0.6) is 5.75 Å². The zero-order chi connectivity index (χ0) is 9.10. The lowest BCUT2D eigenvalue weighted by Crippen LogP contribution is -2.16. The number of carbonyl (C=O) groups is 1. The Bertz CT molecular complexity index is 323. The minimum atomic E-state index is 0.662. The van der Waals surface area contributed by atoms with E-state index in [0.717, 1.165) is 24.1 Å². The summed E-state index contributed by atoms with van der Waals surface area (Å²) in [4.78, 5) is 10.7. The van der Waals surface area contributed by atoms with E-state index in [1.807, 2.05) is 18.2 Å². The highest BCUT2D eigenvalue weighted by atomic mass is 16.5. The molecule has 3 nitrogen and oxygen atoms in total. The molecule has 0 saturated heterocycles. The van der Waals surface area contributed by atoms with Crippen LogP contribution in [0.2, 0.25) is 0 Å². The normalized spacial score (nSPS) is 15.4. The van der Waals surface area contributed by atoms with Crippen LogP contribution in [0.1, 0.15) is 15.9 Å². The number of hydrogen-bond donors (Lipinski definition) is 1. The van der Waals surface area contributed by atoms with E-state index >= 15 is 0 Å². The lowest BCUT2D eigenvalue weighted by atomic mass is 10.1. The summed E-state index contributed by atoms with van der Waals surface area (Å²) in [6.07, 6.45) is 0.870. The summed E-state index contributed by atoms with van der Waals surface area (Å²) in [5, 5.41) is 3.19. The molecule has 1 N–H and O–H groups in total. The van der Waals surface area contributed by atoms with Gasteiger partial charge in [-0.25, -0.2) is 0 Å². The highest BCUT2D eigenvalue weighted by Crippen LogP contribution is 2.22. The molecule has 0 fully saturated rings. The molecule has 1 aliphatic rings. The van der Waals surface area contributed by atoms with E-state index in [9.17, 15) is 4.79 Å². The van der Waals surface area contributed by atoms with Gasteiger partial charge in [-0.05, 0) is 6.07 Å². The van der Waals surface area contributed by atoms with E-state index in [1.54, 1.807) is 0 Å². The standard InChI is InChI=1S/C10H11NO2/c12-7-8-2-1-3-10-9(8)6-11-4-5-13-10/h1-3,7,11H,4-6H2. The smallest absolute Gasteiger partial charge is 0.150 e. The largest absolute Gasteiger partial charge is 0.492 e. The van der Waals surface area contributed by atoms with Crippen molar-refractivity contribution in [1.29, 1.82) is 0 Å². The van der Waals surface area contributed by atoms with Crippen molar-refractivity contribution in [3.8, 4) is 5.75 Å². The first kappa shape index (κ1) is 8.26. The number of benzene rings is 1. The first-order chi connectivity index (χ1) is 6.42. The van der Waals surface area contributed by atoms with E-state index in [0.29, 0.717) is 18.7 Å². The Morgan fingerprint density at radius 3 is 3.23 bits per heavy atom. The second kappa shape index (κ2) is 3.58. The summed E-state index contributed by atoms with van der Waals surface area (Å²) in [6, 6.07) is 5.55. The Hall–Kier alpha value is -1.35. The lowest BCUT2D eigenvalue weighted by Gasteiger charge is -2.07. The zero-order valence-electron chi connectivity index (χ0n) is 7.25. The highest BCUT2D eigenvalue weighted by Gasteiger charge is 2.11. The third-order valence-corrected chi connectivity index (χ3v) is 2.13. The van der Waals surface area contributed by atoms with Crippen LogP contribution in [0.25, 0.3) is 0 Å². The second-order valence-electron chi connectivity index (χ2n) is 2.97. The van der Waals surface area contributed by atoms with Crippen LogP contribution in [0.15, 0.2) is 18.2 Å². The fourth-order valence-electron chi connectivity index (χ4n) is 1.46. The molecule has 0 amide bonds. The van der Waals surface area contributed by atoms with Crippen molar-refractivity contribution in [3.05, 3.63) is 29.3 Å². The Labute approximate surface area is 76.7 Å². The molecule has 13 heavy (non-hydrogen) atoms. The number of carbonyl (C=O) groups excluding carboxylic acids is 1. The van der Waals surface area contributed by atoms with Crippen molar-refractivity contribution in [2.45, 2.75) is 6.54 Å². The molecule has 0 radical (unpaired) electrons. The van der Waals surface area contributed by atoms with E-state index < -0.39 is 0 Å². The predicted molar refractivity (Wildman–Crippen MR) is 49.0 cm³/mol. The van der Waals surface area contributed by atoms with Crippen molar-refractivity contribution in [2.75, 3.05) is 13.2 Å². The van der Waals surface area contributed by atoms with Crippen LogP contribution in [-0.2, 0) is 6.54 Å². The van der Waals surface area contributed by atoms with Gasteiger partial charge in [-0.1, -0.05) is 12.1 Å². The molecule has 3 heteroatoms. The van der Waals surface area contributed by atoms with Gasteiger partial charge in [0.05, 0.1) is 0 Å². The summed E-state index contributed by atoms with van der Waals surface area (Å²) in [5.41, 5.74) is 1.68. The molecule has 0 spiro atoms. The minimum Gasteiger partial charge on any atom is -0.492 e. The lowest BCUT2D eigenvalue weighted by molar-refractivity contribution is 0.112. The van der Waals surface area contributed by atoms with Crippen molar-refractivity contribution < 1.29 is 9.53 Å². The Morgan fingerprint density at radius 2 is 2.38 bits per heavy atom. The summed E-state index contributed by atoms with van der Waals surface area (Å²) in [7, 11) is 0. The van der Waals surface area contributed by atoms with E-state index in [-0.39, 0.29) is 0 Å². The van der Waals surface area contributed by atoms with Gasteiger partial charge in [-0.15, -0.1) is 0 Å². The molecule has 0 bridgehead atoms. The highest BCUT2D eigenvalue weighted by molar-refractivity contribution is 5.78. The van der Waals surface area contributed by atoms with Crippen LogP contribution >= 0.6 is 0 Å². The van der Waals surface area contributed by atoms with Gasteiger partial charge in [0.2, 0.25) is 0 Å². The number of ether oxygens (including phenoxy) is 1. The van der Waals surface area contributed by atoms with Crippen LogP contribution in [-0.4, -0.2) is 19.4 Å². The number of hydrogen-bond acceptors (Lipinski definition) is 3. The van der Waals surface area contributed by atoms with Gasteiger partial charge in [0.25, 0.3) is 0 Å². The third-order valence-electron chi connectivity index (χ3n) is 2.13. The molecule has 0 aromatic heterocycles. The molecule has 1 heterocycles. The van der Waals surface area contributed by atoms with E-state index in [4.69, 9.17) is 4.74 Å². The van der Waals surface area contributed by atoms with Crippen molar-refractivity contribution >= 4 is 6.29 Å². The third kappa shape index (κ3) is 1.55. The number of fused-ring (bicyclic) bond motifs is 1. The van der Waals surface area contributed by atoms with Gasteiger partial charge in [0.1, 0.15) is 12.4 Å². The van der Waals surface area contributed by atoms with E-state index in [2.05, 4.69) is 5.32 Å². The molecular weight excluding hydrogens is 166 g/mol. The minimum absolute atomic E-state index is 0.662. The summed E-state index contributed by atoms with van der Waals surface area (Å²) < 4.78 is 5.47. The molecule has 0 saturated carbocycles. The molecule has 68 valence electrons. The van der Waals surface area contributed by atoms with Crippen LogP contribution in [0.3, 0.4) is 0 Å².